The van der Waals surface area contributed by atoms with E-state index in [1.807, 2.05) is 31.2 Å². The predicted octanol–water partition coefficient (Wildman–Crippen LogP) is 2.43. The van der Waals surface area contributed by atoms with Crippen molar-refractivity contribution in [2.24, 2.45) is 0 Å². The van der Waals surface area contributed by atoms with Crippen molar-refractivity contribution in [3.05, 3.63) is 41.6 Å². The molecule has 21 heavy (non-hydrogen) atoms. The molecular formula is C16H20N4O. The normalized spacial score (nSPS) is 10.4. The monoisotopic (exact) mass is 284 g/mol. The number of anilines is 1. The molecule has 0 aliphatic carbocycles. The molecule has 1 aromatic heterocycles. The van der Waals surface area contributed by atoms with Crippen LogP contribution in [0.15, 0.2) is 30.5 Å². The first-order valence-electron chi connectivity index (χ1n) is 7.15. The molecule has 3 N–H and O–H groups in total. The fourth-order valence-electron chi connectivity index (χ4n) is 1.93. The highest BCUT2D eigenvalue weighted by molar-refractivity contribution is 5.98. The number of benzene rings is 1. The van der Waals surface area contributed by atoms with E-state index in [4.69, 9.17) is 5.73 Å². The van der Waals surface area contributed by atoms with Crippen LogP contribution < -0.4 is 11.1 Å². The standard InChI is InChI=1S/C16H20N4O/c1-3-9-18-16(21)13-10-19-15(20-14(13)17)12-7-5-11(4-2)6-8-12/h5-8,10H,3-4,9H2,1-2H3,(H,18,21)(H2,17,19,20). The summed E-state index contributed by atoms with van der Waals surface area (Å²) < 4.78 is 0. The van der Waals surface area contributed by atoms with Crippen LogP contribution in [0, 0.1) is 0 Å². The smallest absolute Gasteiger partial charge is 0.256 e. The van der Waals surface area contributed by atoms with Crippen molar-refractivity contribution in [1.82, 2.24) is 15.3 Å². The molecule has 5 nitrogen and oxygen atoms in total. The summed E-state index contributed by atoms with van der Waals surface area (Å²) in [5.74, 6) is 0.498. The van der Waals surface area contributed by atoms with Gasteiger partial charge in [0, 0.05) is 18.3 Å². The number of nitrogens with one attached hydrogen (secondary N) is 1. The van der Waals surface area contributed by atoms with Crippen LogP contribution in [0.2, 0.25) is 0 Å². The minimum atomic E-state index is -0.234. The Morgan fingerprint density at radius 3 is 2.52 bits per heavy atom. The second kappa shape index (κ2) is 6.83. The Bertz CT molecular complexity index is 623. The zero-order valence-electron chi connectivity index (χ0n) is 12.4. The fraction of sp³-hybridized carbons (Fsp3) is 0.312. The van der Waals surface area contributed by atoms with Crippen LogP contribution in [-0.4, -0.2) is 22.4 Å². The van der Waals surface area contributed by atoms with Crippen molar-refractivity contribution in [3.63, 3.8) is 0 Å². The molecule has 110 valence electrons. The number of nitrogens with zero attached hydrogens (tertiary/aromatic N) is 2. The number of hydrogen-bond donors (Lipinski definition) is 2. The van der Waals surface area contributed by atoms with Crippen molar-refractivity contribution in [2.75, 3.05) is 12.3 Å². The third-order valence-corrected chi connectivity index (χ3v) is 3.22. The second-order valence-corrected chi connectivity index (χ2v) is 4.80. The van der Waals surface area contributed by atoms with E-state index in [1.165, 1.54) is 11.8 Å². The number of amides is 1. The molecule has 0 saturated heterocycles. The highest BCUT2D eigenvalue weighted by atomic mass is 16.1. The number of carbonyl (C=O) groups excluding carboxylic acids is 1. The summed E-state index contributed by atoms with van der Waals surface area (Å²) in [5.41, 5.74) is 8.33. The van der Waals surface area contributed by atoms with Gasteiger partial charge in [0.25, 0.3) is 5.91 Å². The van der Waals surface area contributed by atoms with E-state index >= 15 is 0 Å². The Kier molecular flexibility index (Phi) is 4.87. The maximum atomic E-state index is 11.9. The van der Waals surface area contributed by atoms with E-state index < -0.39 is 0 Å². The van der Waals surface area contributed by atoms with Crippen LogP contribution in [0.25, 0.3) is 11.4 Å². The lowest BCUT2D eigenvalue weighted by atomic mass is 10.1. The van der Waals surface area contributed by atoms with E-state index in [-0.39, 0.29) is 11.7 Å². The quantitative estimate of drug-likeness (QED) is 0.883. The van der Waals surface area contributed by atoms with Gasteiger partial charge in [0.15, 0.2) is 5.82 Å². The predicted molar refractivity (Wildman–Crippen MR) is 83.9 cm³/mol. The minimum Gasteiger partial charge on any atom is -0.383 e. The molecule has 2 aromatic rings. The zero-order valence-corrected chi connectivity index (χ0v) is 12.4. The van der Waals surface area contributed by atoms with Crippen LogP contribution in [0.3, 0.4) is 0 Å². The molecule has 1 heterocycles. The van der Waals surface area contributed by atoms with Gasteiger partial charge in [0.1, 0.15) is 5.82 Å². The van der Waals surface area contributed by atoms with Gasteiger partial charge in [0.2, 0.25) is 0 Å². The molecule has 0 radical (unpaired) electrons. The molecule has 0 fully saturated rings. The van der Waals surface area contributed by atoms with Gasteiger partial charge in [0.05, 0.1) is 5.56 Å². The number of hydrogen-bond acceptors (Lipinski definition) is 4. The average molecular weight is 284 g/mol. The Hall–Kier alpha value is -2.43. The van der Waals surface area contributed by atoms with Crippen LogP contribution in [-0.2, 0) is 6.42 Å². The molecule has 0 aliphatic rings. The van der Waals surface area contributed by atoms with Gasteiger partial charge in [-0.05, 0) is 18.4 Å². The van der Waals surface area contributed by atoms with Crippen molar-refractivity contribution < 1.29 is 4.79 Å². The topological polar surface area (TPSA) is 80.9 Å². The number of rotatable bonds is 5. The van der Waals surface area contributed by atoms with Gasteiger partial charge in [-0.3, -0.25) is 4.79 Å². The highest BCUT2D eigenvalue weighted by Gasteiger charge is 2.12. The summed E-state index contributed by atoms with van der Waals surface area (Å²) in [6, 6.07) is 8.00. The van der Waals surface area contributed by atoms with Crippen LogP contribution in [0.5, 0.6) is 0 Å². The van der Waals surface area contributed by atoms with Gasteiger partial charge < -0.3 is 11.1 Å². The van der Waals surface area contributed by atoms with Gasteiger partial charge in [-0.15, -0.1) is 0 Å². The largest absolute Gasteiger partial charge is 0.383 e. The van der Waals surface area contributed by atoms with Gasteiger partial charge >= 0.3 is 0 Å². The summed E-state index contributed by atoms with van der Waals surface area (Å²) >= 11 is 0. The molecule has 1 amide bonds. The average Bonchev–Trinajstić information content (AvgIpc) is 2.52. The van der Waals surface area contributed by atoms with Crippen molar-refractivity contribution in [3.8, 4) is 11.4 Å². The Morgan fingerprint density at radius 2 is 1.95 bits per heavy atom. The molecule has 0 unspecified atom stereocenters. The number of carbonyl (C=O) groups is 1. The third-order valence-electron chi connectivity index (χ3n) is 3.22. The molecular weight excluding hydrogens is 264 g/mol. The zero-order chi connectivity index (χ0) is 15.2. The van der Waals surface area contributed by atoms with Crippen LogP contribution >= 0.6 is 0 Å². The van der Waals surface area contributed by atoms with Crippen molar-refractivity contribution >= 4 is 11.7 Å². The van der Waals surface area contributed by atoms with Crippen LogP contribution in [0.4, 0.5) is 5.82 Å². The highest BCUT2D eigenvalue weighted by Crippen LogP contribution is 2.18. The lowest BCUT2D eigenvalue weighted by Gasteiger charge is -2.07. The summed E-state index contributed by atoms with van der Waals surface area (Å²) in [4.78, 5) is 20.4. The van der Waals surface area contributed by atoms with Gasteiger partial charge in [-0.2, -0.15) is 0 Å². The maximum Gasteiger partial charge on any atom is 0.256 e. The van der Waals surface area contributed by atoms with E-state index in [9.17, 15) is 4.79 Å². The molecule has 2 rings (SSSR count). The van der Waals surface area contributed by atoms with Crippen LogP contribution in [0.1, 0.15) is 36.2 Å². The molecule has 1 aromatic carbocycles. The maximum absolute atomic E-state index is 11.9. The molecule has 5 heteroatoms. The van der Waals surface area contributed by atoms with Crippen molar-refractivity contribution in [1.29, 1.82) is 0 Å². The Morgan fingerprint density at radius 1 is 1.24 bits per heavy atom. The molecule has 0 saturated carbocycles. The fourth-order valence-corrected chi connectivity index (χ4v) is 1.93. The van der Waals surface area contributed by atoms with E-state index in [2.05, 4.69) is 22.2 Å². The molecule has 0 atom stereocenters. The van der Waals surface area contributed by atoms with E-state index in [1.54, 1.807) is 0 Å². The number of aryl methyl sites for hydroxylation is 1. The van der Waals surface area contributed by atoms with Crippen molar-refractivity contribution in [2.45, 2.75) is 26.7 Å². The summed E-state index contributed by atoms with van der Waals surface area (Å²) in [5, 5.41) is 2.76. The lowest BCUT2D eigenvalue weighted by Crippen LogP contribution is -2.25. The summed E-state index contributed by atoms with van der Waals surface area (Å²) in [6.45, 7) is 4.70. The lowest BCUT2D eigenvalue weighted by molar-refractivity contribution is 0.0954. The Balaban J connectivity index is 2.23. The minimum absolute atomic E-state index is 0.202. The first kappa shape index (κ1) is 15.0. The second-order valence-electron chi connectivity index (χ2n) is 4.80. The molecule has 0 bridgehead atoms. The molecule has 0 spiro atoms. The Labute approximate surface area is 124 Å². The van der Waals surface area contributed by atoms with E-state index in [0.29, 0.717) is 17.9 Å². The molecule has 0 aliphatic heterocycles. The van der Waals surface area contributed by atoms with E-state index in [0.717, 1.165) is 18.4 Å². The van der Waals surface area contributed by atoms with Gasteiger partial charge in [-0.1, -0.05) is 38.1 Å². The summed E-state index contributed by atoms with van der Waals surface area (Å²) in [6.07, 6.45) is 3.34. The number of nitrogens with two attached hydrogens (primary N) is 1. The summed E-state index contributed by atoms with van der Waals surface area (Å²) in [7, 11) is 0. The number of nitrogen functional groups attached to an aromatic ring is 1. The van der Waals surface area contributed by atoms with Gasteiger partial charge in [-0.25, -0.2) is 9.97 Å². The third kappa shape index (κ3) is 3.56. The number of aromatic nitrogens is 2. The first-order chi connectivity index (χ1) is 10.2. The SMILES string of the molecule is CCCNC(=O)c1cnc(-c2ccc(CC)cc2)nc1N. The first-order valence-corrected chi connectivity index (χ1v) is 7.15.